The number of aromatic nitrogens is 3. The van der Waals surface area contributed by atoms with Crippen molar-refractivity contribution in [3.05, 3.63) is 35.0 Å². The van der Waals surface area contributed by atoms with Crippen LogP contribution >= 0.6 is 7.60 Å². The Hall–Kier alpha value is -3.02. The highest BCUT2D eigenvalue weighted by Crippen LogP contribution is 2.50. The van der Waals surface area contributed by atoms with Gasteiger partial charge >= 0.3 is 7.60 Å². The van der Waals surface area contributed by atoms with Crippen molar-refractivity contribution >= 4 is 31.4 Å². The molecule has 0 amide bonds. The van der Waals surface area contributed by atoms with Crippen LogP contribution in [0.5, 0.6) is 0 Å². The summed E-state index contributed by atoms with van der Waals surface area (Å²) in [5, 5.41) is 37.0. The number of ether oxygens (including phenoxy) is 2. The van der Waals surface area contributed by atoms with Gasteiger partial charge in [0.25, 0.3) is 5.56 Å². The third-order valence-corrected chi connectivity index (χ3v) is 8.51. The Labute approximate surface area is 226 Å². The number of nitrogens with two attached hydrogens (primary N) is 1. The van der Waals surface area contributed by atoms with E-state index in [2.05, 4.69) is 20.1 Å². The Morgan fingerprint density at radius 1 is 1.25 bits per heavy atom. The first-order chi connectivity index (χ1) is 19.2. The van der Waals surface area contributed by atoms with E-state index in [1.54, 1.807) is 5.01 Å². The SMILES string of the molecule is CP(=O)(OC[C@H]1O[C@@H](C2CN=C3C(N)=NC=NN32)C[C@@H]1O)O[C@@H]1[C@H](O)[C@@H](CO)O[C@H]1n1ccc(=O)n2ccnc12. The smallest absolute Gasteiger partial charge is 0.328 e. The van der Waals surface area contributed by atoms with Gasteiger partial charge in [0.1, 0.15) is 36.8 Å². The molecule has 0 aliphatic carbocycles. The van der Waals surface area contributed by atoms with Crippen LogP contribution in [-0.4, -0.2) is 121 Å². The number of fused-ring (bicyclic) bond motifs is 2. The summed E-state index contributed by atoms with van der Waals surface area (Å²) in [6.07, 6.45) is -1.09. The molecule has 2 saturated heterocycles. The van der Waals surface area contributed by atoms with E-state index in [-0.39, 0.29) is 36.2 Å². The number of hydrogen-bond acceptors (Lipinski definition) is 15. The zero-order valence-corrected chi connectivity index (χ0v) is 22.2. The molecule has 18 heteroatoms. The number of amidine groups is 2. The van der Waals surface area contributed by atoms with E-state index in [0.29, 0.717) is 12.4 Å². The summed E-state index contributed by atoms with van der Waals surface area (Å²) in [4.78, 5) is 24.6. The van der Waals surface area contributed by atoms with Gasteiger partial charge in [0.05, 0.1) is 32.0 Å². The molecule has 5 N–H and O–H groups in total. The molecule has 17 nitrogen and oxygen atoms in total. The molecule has 6 rings (SSSR count). The van der Waals surface area contributed by atoms with E-state index in [4.69, 9.17) is 24.3 Å². The van der Waals surface area contributed by atoms with Crippen LogP contribution in [0.1, 0.15) is 12.6 Å². The fourth-order valence-electron chi connectivity index (χ4n) is 5.28. The summed E-state index contributed by atoms with van der Waals surface area (Å²) in [6.45, 7) is 0.774. The van der Waals surface area contributed by atoms with E-state index in [1.165, 1.54) is 46.6 Å². The van der Waals surface area contributed by atoms with Gasteiger partial charge in [-0.2, -0.15) is 5.10 Å². The van der Waals surface area contributed by atoms with Crippen molar-refractivity contribution in [3.8, 4) is 0 Å². The topological polar surface area (TPSA) is 220 Å². The first-order valence-corrected chi connectivity index (χ1v) is 14.6. The lowest BCUT2D eigenvalue weighted by Gasteiger charge is -2.28. The molecule has 6 heterocycles. The number of imidazole rings is 1. The molecule has 0 spiro atoms. The molecular weight excluding hydrogens is 551 g/mol. The minimum Gasteiger partial charge on any atom is -0.394 e. The van der Waals surface area contributed by atoms with Crippen LogP contribution in [-0.2, 0) is 23.1 Å². The number of hydrogen-bond donors (Lipinski definition) is 4. The van der Waals surface area contributed by atoms with Crippen LogP contribution in [0.2, 0.25) is 0 Å². The van der Waals surface area contributed by atoms with Crippen LogP contribution in [0.25, 0.3) is 5.78 Å². The molecular formula is C22H29N8O9P. The molecule has 4 aliphatic heterocycles. The largest absolute Gasteiger partial charge is 0.394 e. The molecule has 0 bridgehead atoms. The number of rotatable bonds is 8. The molecule has 0 radical (unpaired) electrons. The highest BCUT2D eigenvalue weighted by Gasteiger charge is 2.49. The van der Waals surface area contributed by atoms with Crippen LogP contribution in [0.4, 0.5) is 0 Å². The quantitative estimate of drug-likeness (QED) is 0.246. The van der Waals surface area contributed by atoms with Gasteiger partial charge in [0, 0.05) is 37.7 Å². The van der Waals surface area contributed by atoms with Crippen LogP contribution in [0, 0.1) is 0 Å². The number of nitrogens with zero attached hydrogens (tertiary/aromatic N) is 7. The Morgan fingerprint density at radius 3 is 2.88 bits per heavy atom. The average molecular weight is 580 g/mol. The molecule has 40 heavy (non-hydrogen) atoms. The van der Waals surface area contributed by atoms with Crippen molar-refractivity contribution in [2.24, 2.45) is 20.8 Å². The van der Waals surface area contributed by atoms with E-state index in [9.17, 15) is 24.7 Å². The molecule has 4 aliphatic rings. The summed E-state index contributed by atoms with van der Waals surface area (Å²) < 4.78 is 39.3. The van der Waals surface area contributed by atoms with Crippen LogP contribution < -0.4 is 11.3 Å². The Kier molecular flexibility index (Phi) is 7.08. The first-order valence-electron chi connectivity index (χ1n) is 12.6. The van der Waals surface area contributed by atoms with Gasteiger partial charge in [-0.15, -0.1) is 0 Å². The molecule has 2 unspecified atom stereocenters. The summed E-state index contributed by atoms with van der Waals surface area (Å²) in [5.41, 5.74) is 5.54. The second-order valence-corrected chi connectivity index (χ2v) is 11.9. The number of aliphatic hydroxyl groups is 3. The van der Waals surface area contributed by atoms with Crippen molar-refractivity contribution in [2.45, 2.75) is 55.3 Å². The van der Waals surface area contributed by atoms with Crippen molar-refractivity contribution < 1.29 is 38.4 Å². The lowest BCUT2D eigenvalue weighted by molar-refractivity contribution is -0.0529. The summed E-state index contributed by atoms with van der Waals surface area (Å²) in [7, 11) is -3.89. The predicted octanol–water partition coefficient (Wildman–Crippen LogP) is -2.11. The van der Waals surface area contributed by atoms with Crippen molar-refractivity contribution in [2.75, 3.05) is 26.4 Å². The lowest BCUT2D eigenvalue weighted by Crippen LogP contribution is -2.46. The summed E-state index contributed by atoms with van der Waals surface area (Å²) in [6, 6.07) is 0.975. The van der Waals surface area contributed by atoms with Crippen molar-refractivity contribution in [1.29, 1.82) is 0 Å². The van der Waals surface area contributed by atoms with Crippen molar-refractivity contribution in [3.63, 3.8) is 0 Å². The second-order valence-electron chi connectivity index (χ2n) is 9.87. The third-order valence-electron chi connectivity index (χ3n) is 7.26. The maximum absolute atomic E-state index is 13.4. The van der Waals surface area contributed by atoms with E-state index in [0.717, 1.165) is 0 Å². The van der Waals surface area contributed by atoms with Gasteiger partial charge in [0.2, 0.25) is 5.78 Å². The third kappa shape index (κ3) is 4.77. The summed E-state index contributed by atoms with van der Waals surface area (Å²) in [5.74, 6) is 0.887. The fraction of sp³-hybridized carbons (Fsp3) is 0.591. The first kappa shape index (κ1) is 27.2. The Morgan fingerprint density at radius 2 is 2.08 bits per heavy atom. The molecule has 0 saturated carbocycles. The Balaban J connectivity index is 1.13. The number of hydrazone groups is 1. The monoisotopic (exact) mass is 580 g/mol. The maximum Gasteiger partial charge on any atom is 0.328 e. The normalized spacial score (nSPS) is 35.1. The predicted molar refractivity (Wildman–Crippen MR) is 138 cm³/mol. The summed E-state index contributed by atoms with van der Waals surface area (Å²) >= 11 is 0. The van der Waals surface area contributed by atoms with Crippen LogP contribution in [0.15, 0.2) is 44.5 Å². The van der Waals surface area contributed by atoms with Gasteiger partial charge < -0.3 is 35.1 Å². The lowest BCUT2D eigenvalue weighted by atomic mass is 10.1. The molecule has 2 fully saturated rings. The van der Waals surface area contributed by atoms with Gasteiger partial charge in [-0.25, -0.2) is 15.0 Å². The minimum absolute atomic E-state index is 0.197. The molecule has 2 aromatic rings. The second kappa shape index (κ2) is 10.4. The average Bonchev–Trinajstić information content (AvgIpc) is 3.70. The molecule has 9 atom stereocenters. The van der Waals surface area contributed by atoms with Gasteiger partial charge in [-0.05, 0) is 0 Å². The minimum atomic E-state index is -3.89. The highest BCUT2D eigenvalue weighted by molar-refractivity contribution is 7.53. The molecule has 0 aromatic carbocycles. The van der Waals surface area contributed by atoms with Crippen molar-refractivity contribution in [1.82, 2.24) is 19.0 Å². The zero-order valence-electron chi connectivity index (χ0n) is 21.3. The van der Waals surface area contributed by atoms with Gasteiger partial charge in [0.15, 0.2) is 17.9 Å². The van der Waals surface area contributed by atoms with Crippen LogP contribution in [0.3, 0.4) is 0 Å². The number of aliphatic hydroxyl groups excluding tert-OH is 3. The standard InChI is InChI=1S/C22H29N8O9P/c1-40(35,36-9-15-12(32)6-13(37-15)11-7-25-20-19(23)26-10-27-30(11)20)39-18-17(34)14(8-31)38-21(18)29-4-2-16(33)28-5-3-24-22(28)29/h2-5,10-15,17-18,21,31-32,34H,6-9H2,1H3,(H2,23,26,27)/t11?,12-,13+,14+,15+,17+,18+,21+,40?/m0/s1. The number of aliphatic imine (C=N–C) groups is 2. The highest BCUT2D eigenvalue weighted by atomic mass is 31.2. The van der Waals surface area contributed by atoms with E-state index >= 15 is 0 Å². The Bertz CT molecular complexity index is 1480. The molecule has 2 aromatic heterocycles. The fourth-order valence-corrected chi connectivity index (χ4v) is 6.43. The zero-order chi connectivity index (χ0) is 28.2. The maximum atomic E-state index is 13.4. The molecule has 216 valence electrons. The van der Waals surface area contributed by atoms with E-state index < -0.39 is 57.1 Å². The van der Waals surface area contributed by atoms with Gasteiger partial charge in [-0.3, -0.25) is 27.8 Å². The van der Waals surface area contributed by atoms with E-state index in [1.807, 2.05) is 0 Å². The van der Waals surface area contributed by atoms with Gasteiger partial charge in [-0.1, -0.05) is 0 Å².